The van der Waals surface area contributed by atoms with E-state index in [4.69, 9.17) is 9.15 Å². The number of nitrogens with one attached hydrogen (secondary N) is 1. The number of esters is 1. The lowest BCUT2D eigenvalue weighted by Gasteiger charge is -2.10. The average molecular weight is 367 g/mol. The third-order valence-electron chi connectivity index (χ3n) is 3.94. The standard InChI is InChI=1S/C16H17NO7S/c18-12-1-2-13-10(7-23-14(13)6-12)5-16(20)24-8-15(19)17-11-3-4-25(21,22)9-11/h1-2,6-7,11,18H,3-5,8-9H2,(H,17,19)/t11-/m0/s1. The fraction of sp³-hybridized carbons (Fsp3) is 0.375. The lowest BCUT2D eigenvalue weighted by molar-refractivity contribution is -0.148. The van der Waals surface area contributed by atoms with Crippen molar-refractivity contribution in [2.24, 2.45) is 0 Å². The highest BCUT2D eigenvalue weighted by atomic mass is 32.2. The SMILES string of the molecule is O=C(COC(=O)Cc1coc2cc(O)ccc12)N[C@H]1CCS(=O)(=O)C1. The normalized spacial score (nSPS) is 19.0. The maximum Gasteiger partial charge on any atom is 0.310 e. The van der Waals surface area contributed by atoms with Crippen LogP contribution in [0.25, 0.3) is 11.0 Å². The summed E-state index contributed by atoms with van der Waals surface area (Å²) in [5.41, 5.74) is 1.03. The number of fused-ring (bicyclic) bond motifs is 1. The minimum Gasteiger partial charge on any atom is -0.508 e. The van der Waals surface area contributed by atoms with Gasteiger partial charge in [0.25, 0.3) is 5.91 Å². The van der Waals surface area contributed by atoms with Crippen molar-refractivity contribution >= 4 is 32.7 Å². The van der Waals surface area contributed by atoms with Gasteiger partial charge < -0.3 is 19.6 Å². The second-order valence-corrected chi connectivity index (χ2v) is 8.18. The number of ether oxygens (including phenoxy) is 1. The molecular formula is C16H17NO7S. The highest BCUT2D eigenvalue weighted by Gasteiger charge is 2.29. The molecule has 1 atom stereocenters. The van der Waals surface area contributed by atoms with Crippen LogP contribution < -0.4 is 5.32 Å². The topological polar surface area (TPSA) is 123 Å². The molecule has 1 aliphatic heterocycles. The summed E-state index contributed by atoms with van der Waals surface area (Å²) in [6.07, 6.45) is 1.69. The van der Waals surface area contributed by atoms with Gasteiger partial charge in [-0.1, -0.05) is 0 Å². The molecule has 2 aromatic rings. The van der Waals surface area contributed by atoms with E-state index in [9.17, 15) is 23.1 Å². The highest BCUT2D eigenvalue weighted by molar-refractivity contribution is 7.91. The van der Waals surface area contributed by atoms with Crippen LogP contribution in [0.4, 0.5) is 0 Å². The number of phenolic OH excluding ortho intramolecular Hbond substituents is 1. The van der Waals surface area contributed by atoms with E-state index in [1.54, 1.807) is 6.07 Å². The number of amides is 1. The zero-order valence-electron chi connectivity index (χ0n) is 13.2. The largest absolute Gasteiger partial charge is 0.508 e. The number of rotatable bonds is 5. The fourth-order valence-electron chi connectivity index (χ4n) is 2.74. The number of furan rings is 1. The molecule has 0 spiro atoms. The molecule has 2 N–H and O–H groups in total. The van der Waals surface area contributed by atoms with Gasteiger partial charge in [-0.2, -0.15) is 0 Å². The van der Waals surface area contributed by atoms with Crippen LogP contribution in [-0.4, -0.2) is 49.6 Å². The summed E-state index contributed by atoms with van der Waals surface area (Å²) in [6.45, 7) is -0.466. The quantitative estimate of drug-likeness (QED) is 0.739. The second-order valence-electron chi connectivity index (χ2n) is 5.95. The number of phenols is 1. The summed E-state index contributed by atoms with van der Waals surface area (Å²) in [5, 5.41) is 12.6. The molecule has 1 aromatic carbocycles. The fourth-order valence-corrected chi connectivity index (χ4v) is 4.41. The first-order valence-corrected chi connectivity index (χ1v) is 9.49. The summed E-state index contributed by atoms with van der Waals surface area (Å²) in [5.74, 6) is -1.11. The molecule has 0 radical (unpaired) electrons. The highest BCUT2D eigenvalue weighted by Crippen LogP contribution is 2.25. The molecule has 134 valence electrons. The smallest absolute Gasteiger partial charge is 0.310 e. The monoisotopic (exact) mass is 367 g/mol. The van der Waals surface area contributed by atoms with Gasteiger partial charge in [0.15, 0.2) is 16.4 Å². The molecule has 0 bridgehead atoms. The number of carbonyl (C=O) groups is 2. The Balaban J connectivity index is 1.50. The molecule has 9 heteroatoms. The van der Waals surface area contributed by atoms with Gasteiger partial charge >= 0.3 is 5.97 Å². The predicted octanol–water partition coefficient (Wildman–Crippen LogP) is 0.527. The van der Waals surface area contributed by atoms with Crippen molar-refractivity contribution in [1.29, 1.82) is 0 Å². The Hall–Kier alpha value is -2.55. The number of sulfone groups is 1. The van der Waals surface area contributed by atoms with E-state index in [2.05, 4.69) is 5.32 Å². The lowest BCUT2D eigenvalue weighted by atomic mass is 10.1. The molecule has 25 heavy (non-hydrogen) atoms. The maximum absolute atomic E-state index is 11.9. The van der Waals surface area contributed by atoms with Crippen molar-refractivity contribution in [3.63, 3.8) is 0 Å². The van der Waals surface area contributed by atoms with E-state index < -0.39 is 34.4 Å². The van der Waals surface area contributed by atoms with Gasteiger partial charge in [-0.3, -0.25) is 9.59 Å². The second kappa shape index (κ2) is 6.75. The van der Waals surface area contributed by atoms with E-state index in [-0.39, 0.29) is 23.7 Å². The summed E-state index contributed by atoms with van der Waals surface area (Å²) >= 11 is 0. The van der Waals surface area contributed by atoms with Gasteiger partial charge in [-0.05, 0) is 18.6 Å². The van der Waals surface area contributed by atoms with Crippen LogP contribution in [0.3, 0.4) is 0 Å². The molecule has 1 aromatic heterocycles. The molecule has 8 nitrogen and oxygen atoms in total. The van der Waals surface area contributed by atoms with Crippen molar-refractivity contribution < 1.29 is 32.3 Å². The first kappa shape index (κ1) is 17.3. The number of carbonyl (C=O) groups excluding carboxylic acids is 2. The van der Waals surface area contributed by atoms with Crippen LogP contribution >= 0.6 is 0 Å². The average Bonchev–Trinajstić information content (AvgIpc) is 3.08. The summed E-state index contributed by atoms with van der Waals surface area (Å²) in [7, 11) is -3.08. The molecule has 1 amide bonds. The Bertz CT molecular complexity index is 916. The number of aromatic hydroxyl groups is 1. The minimum atomic E-state index is -3.08. The summed E-state index contributed by atoms with van der Waals surface area (Å²) in [4.78, 5) is 23.6. The van der Waals surface area contributed by atoms with Gasteiger partial charge in [0.2, 0.25) is 0 Å². The Morgan fingerprint density at radius 1 is 1.36 bits per heavy atom. The molecule has 0 aliphatic carbocycles. The number of hydrogen-bond acceptors (Lipinski definition) is 7. The Morgan fingerprint density at radius 3 is 2.88 bits per heavy atom. The van der Waals surface area contributed by atoms with Gasteiger partial charge in [-0.15, -0.1) is 0 Å². The van der Waals surface area contributed by atoms with Crippen molar-refractivity contribution in [2.75, 3.05) is 18.1 Å². The molecular weight excluding hydrogens is 350 g/mol. The number of benzene rings is 1. The molecule has 0 unspecified atom stereocenters. The summed E-state index contributed by atoms with van der Waals surface area (Å²) < 4.78 is 32.8. The molecule has 0 saturated carbocycles. The minimum absolute atomic E-state index is 0.0564. The van der Waals surface area contributed by atoms with Gasteiger partial charge in [0.1, 0.15) is 11.3 Å². The Morgan fingerprint density at radius 2 is 2.16 bits per heavy atom. The summed E-state index contributed by atoms with van der Waals surface area (Å²) in [6, 6.07) is 4.12. The third kappa shape index (κ3) is 4.30. The van der Waals surface area contributed by atoms with Crippen LogP contribution in [0.1, 0.15) is 12.0 Å². The van der Waals surface area contributed by atoms with Gasteiger partial charge in [-0.25, -0.2) is 8.42 Å². The van der Waals surface area contributed by atoms with Crippen LogP contribution in [-0.2, 0) is 30.6 Å². The zero-order valence-corrected chi connectivity index (χ0v) is 14.0. The van der Waals surface area contributed by atoms with E-state index in [1.807, 2.05) is 0 Å². The van der Waals surface area contributed by atoms with Crippen molar-refractivity contribution in [3.8, 4) is 5.75 Å². The molecule has 1 aliphatic rings. The molecule has 3 rings (SSSR count). The number of hydrogen-bond donors (Lipinski definition) is 2. The van der Waals surface area contributed by atoms with E-state index in [0.29, 0.717) is 23.0 Å². The first-order chi connectivity index (χ1) is 11.8. The van der Waals surface area contributed by atoms with Crippen molar-refractivity contribution in [3.05, 3.63) is 30.0 Å². The predicted molar refractivity (Wildman–Crippen MR) is 87.7 cm³/mol. The Labute approximate surface area is 143 Å². The van der Waals surface area contributed by atoms with Crippen LogP contribution in [0.15, 0.2) is 28.9 Å². The maximum atomic E-state index is 11.9. The van der Waals surface area contributed by atoms with E-state index in [0.717, 1.165) is 0 Å². The van der Waals surface area contributed by atoms with Gasteiger partial charge in [0.05, 0.1) is 24.2 Å². The van der Waals surface area contributed by atoms with Crippen LogP contribution in [0, 0.1) is 0 Å². The molecule has 1 fully saturated rings. The zero-order chi connectivity index (χ0) is 18.0. The Kier molecular flexibility index (Phi) is 4.67. The van der Waals surface area contributed by atoms with E-state index >= 15 is 0 Å². The lowest BCUT2D eigenvalue weighted by Crippen LogP contribution is -2.38. The van der Waals surface area contributed by atoms with Gasteiger partial charge in [0, 0.05) is 23.1 Å². The van der Waals surface area contributed by atoms with Crippen molar-refractivity contribution in [1.82, 2.24) is 5.32 Å². The van der Waals surface area contributed by atoms with Crippen LogP contribution in [0.5, 0.6) is 5.75 Å². The van der Waals surface area contributed by atoms with E-state index in [1.165, 1.54) is 18.4 Å². The third-order valence-corrected chi connectivity index (χ3v) is 5.70. The van der Waals surface area contributed by atoms with Crippen LogP contribution in [0.2, 0.25) is 0 Å². The molecule has 2 heterocycles. The first-order valence-electron chi connectivity index (χ1n) is 7.67. The van der Waals surface area contributed by atoms with Crippen molar-refractivity contribution in [2.45, 2.75) is 18.9 Å². The molecule has 1 saturated heterocycles.